The fraction of sp³-hybridized carbons (Fsp3) is 0.471. The summed E-state index contributed by atoms with van der Waals surface area (Å²) < 4.78 is 55.0. The number of amides is 3. The predicted molar refractivity (Wildman–Crippen MR) is 99.7 cm³/mol. The van der Waals surface area contributed by atoms with Gasteiger partial charge in [0.1, 0.15) is 5.82 Å². The molecule has 1 aromatic rings. The number of carbonyl (C=O) groups excluding carboxylic acids is 3. The van der Waals surface area contributed by atoms with Gasteiger partial charge >= 0.3 is 12.0 Å². The molecule has 1 saturated heterocycles. The second-order valence-corrected chi connectivity index (χ2v) is 7.97. The first-order valence-electron chi connectivity index (χ1n) is 8.87. The second kappa shape index (κ2) is 11.0. The molecule has 0 aromatic heterocycles. The van der Waals surface area contributed by atoms with E-state index in [1.165, 1.54) is 7.11 Å². The Balaban J connectivity index is 1.99. The summed E-state index contributed by atoms with van der Waals surface area (Å²) in [5.74, 6) is -3.21. The lowest BCUT2D eigenvalue weighted by atomic mass is 10.2. The molecule has 1 heterocycles. The van der Waals surface area contributed by atoms with Crippen LogP contribution in [-0.4, -0.2) is 83.8 Å². The predicted octanol–water partition coefficient (Wildman–Crippen LogP) is -0.524. The van der Waals surface area contributed by atoms with Crippen LogP contribution in [0.2, 0.25) is 0 Å². The molecule has 11 nitrogen and oxygen atoms in total. The number of imide groups is 1. The quantitative estimate of drug-likeness (QED) is 0.401. The van der Waals surface area contributed by atoms with Gasteiger partial charge in [0.15, 0.2) is 6.61 Å². The van der Waals surface area contributed by atoms with Gasteiger partial charge in [-0.15, -0.1) is 0 Å². The van der Waals surface area contributed by atoms with Crippen molar-refractivity contribution < 1.29 is 41.4 Å². The van der Waals surface area contributed by atoms with Crippen LogP contribution in [0.15, 0.2) is 23.1 Å². The van der Waals surface area contributed by atoms with Crippen LogP contribution in [-0.2, 0) is 29.0 Å². The van der Waals surface area contributed by atoms with Crippen molar-refractivity contribution in [1.29, 1.82) is 0 Å². The minimum Gasteiger partial charge on any atom is -0.452 e. The molecule has 0 aliphatic carbocycles. The molecule has 2 N–H and O–H groups in total. The molecular formula is C17H22FN3O8S. The lowest BCUT2D eigenvalue weighted by molar-refractivity contribution is -0.123. The standard InChI is InChI=1S/C17H22FN3O8S/c1-27-7-4-19-17(24)20-15(22)11-29-16(23)13-10-12(2-3-14(13)18)30(25,26)21-5-8-28-9-6-21/h2-3,10H,4-9,11H2,1H3,(H2,19,20,22,24). The van der Waals surface area contributed by atoms with E-state index in [1.807, 2.05) is 5.32 Å². The summed E-state index contributed by atoms with van der Waals surface area (Å²) in [4.78, 5) is 34.9. The highest BCUT2D eigenvalue weighted by molar-refractivity contribution is 7.89. The third-order valence-corrected chi connectivity index (χ3v) is 5.84. The lowest BCUT2D eigenvalue weighted by Gasteiger charge is -2.26. The minimum atomic E-state index is -3.96. The zero-order valence-electron chi connectivity index (χ0n) is 16.2. The molecule has 0 radical (unpaired) electrons. The minimum absolute atomic E-state index is 0.131. The average Bonchev–Trinajstić information content (AvgIpc) is 2.73. The number of hydrogen-bond acceptors (Lipinski definition) is 8. The van der Waals surface area contributed by atoms with Gasteiger partial charge in [-0.05, 0) is 18.2 Å². The van der Waals surface area contributed by atoms with Crippen molar-refractivity contribution in [3.63, 3.8) is 0 Å². The Morgan fingerprint density at radius 1 is 1.23 bits per heavy atom. The van der Waals surface area contributed by atoms with Gasteiger partial charge in [-0.2, -0.15) is 4.31 Å². The van der Waals surface area contributed by atoms with Crippen LogP contribution in [0.3, 0.4) is 0 Å². The number of carbonyl (C=O) groups is 3. The van der Waals surface area contributed by atoms with E-state index >= 15 is 0 Å². The molecule has 1 fully saturated rings. The van der Waals surface area contributed by atoms with Crippen molar-refractivity contribution in [3.05, 3.63) is 29.6 Å². The summed E-state index contributed by atoms with van der Waals surface area (Å²) in [6.07, 6.45) is 0. The van der Waals surface area contributed by atoms with Gasteiger partial charge in [-0.3, -0.25) is 10.1 Å². The molecule has 1 aliphatic heterocycles. The number of halogens is 1. The Labute approximate surface area is 172 Å². The first-order chi connectivity index (χ1) is 14.3. The summed E-state index contributed by atoms with van der Waals surface area (Å²) in [5.41, 5.74) is -0.651. The first-order valence-corrected chi connectivity index (χ1v) is 10.3. The maximum absolute atomic E-state index is 14.1. The normalized spacial score (nSPS) is 14.7. The maximum atomic E-state index is 14.1. The smallest absolute Gasteiger partial charge is 0.341 e. The molecule has 0 atom stereocenters. The lowest BCUT2D eigenvalue weighted by Crippen LogP contribution is -2.42. The number of methoxy groups -OCH3 is 1. The van der Waals surface area contributed by atoms with Crippen LogP contribution in [0.4, 0.5) is 9.18 Å². The number of esters is 1. The van der Waals surface area contributed by atoms with E-state index in [1.54, 1.807) is 0 Å². The van der Waals surface area contributed by atoms with Crippen LogP contribution in [0.5, 0.6) is 0 Å². The van der Waals surface area contributed by atoms with Gasteiger partial charge in [0, 0.05) is 26.7 Å². The van der Waals surface area contributed by atoms with Crippen molar-refractivity contribution in [3.8, 4) is 0 Å². The van der Waals surface area contributed by atoms with Gasteiger partial charge in [0.05, 0.1) is 30.3 Å². The second-order valence-electron chi connectivity index (χ2n) is 6.03. The fourth-order valence-electron chi connectivity index (χ4n) is 2.44. The van der Waals surface area contributed by atoms with E-state index in [4.69, 9.17) is 9.47 Å². The third kappa shape index (κ3) is 6.45. The van der Waals surface area contributed by atoms with E-state index in [0.29, 0.717) is 0 Å². The highest BCUT2D eigenvalue weighted by Crippen LogP contribution is 2.20. The van der Waals surface area contributed by atoms with Crippen molar-refractivity contribution in [2.24, 2.45) is 0 Å². The Kier molecular flexibility index (Phi) is 8.65. The Morgan fingerprint density at radius 3 is 2.60 bits per heavy atom. The van der Waals surface area contributed by atoms with E-state index in [0.717, 1.165) is 22.5 Å². The van der Waals surface area contributed by atoms with Crippen LogP contribution < -0.4 is 10.6 Å². The van der Waals surface area contributed by atoms with E-state index < -0.39 is 45.9 Å². The zero-order valence-corrected chi connectivity index (χ0v) is 17.0. The highest BCUT2D eigenvalue weighted by atomic mass is 32.2. The maximum Gasteiger partial charge on any atom is 0.341 e. The summed E-state index contributed by atoms with van der Waals surface area (Å²) in [6, 6.07) is 1.89. The molecule has 2 rings (SSSR count). The molecule has 1 aliphatic rings. The summed E-state index contributed by atoms with van der Waals surface area (Å²) in [7, 11) is -2.52. The number of morpholine rings is 1. The molecular weight excluding hydrogens is 425 g/mol. The van der Waals surface area contributed by atoms with Crippen molar-refractivity contribution in [1.82, 2.24) is 14.9 Å². The fourth-order valence-corrected chi connectivity index (χ4v) is 3.87. The number of sulfonamides is 1. The van der Waals surface area contributed by atoms with Crippen LogP contribution in [0.25, 0.3) is 0 Å². The SMILES string of the molecule is COCCNC(=O)NC(=O)COC(=O)c1cc(S(=O)(=O)N2CCOCC2)ccc1F. The van der Waals surface area contributed by atoms with Gasteiger partial charge in [0.25, 0.3) is 5.91 Å². The first kappa shape index (κ1) is 23.7. The topological polar surface area (TPSA) is 140 Å². The monoisotopic (exact) mass is 447 g/mol. The van der Waals surface area contributed by atoms with Crippen LogP contribution >= 0.6 is 0 Å². The van der Waals surface area contributed by atoms with E-state index in [2.05, 4.69) is 10.1 Å². The van der Waals surface area contributed by atoms with Crippen molar-refractivity contribution >= 4 is 27.9 Å². The summed E-state index contributed by atoms with van der Waals surface area (Å²) in [5, 5.41) is 4.23. The molecule has 3 amide bonds. The van der Waals surface area contributed by atoms with Gasteiger partial charge < -0.3 is 19.5 Å². The molecule has 13 heteroatoms. The van der Waals surface area contributed by atoms with Crippen LogP contribution in [0.1, 0.15) is 10.4 Å². The van der Waals surface area contributed by atoms with Gasteiger partial charge in [-0.1, -0.05) is 0 Å². The Morgan fingerprint density at radius 2 is 1.93 bits per heavy atom. The number of urea groups is 1. The number of ether oxygens (including phenoxy) is 3. The Hall–Kier alpha value is -2.61. The van der Waals surface area contributed by atoms with E-state index in [-0.39, 0.29) is 44.4 Å². The van der Waals surface area contributed by atoms with Gasteiger partial charge in [0.2, 0.25) is 10.0 Å². The number of rotatable bonds is 8. The number of nitrogens with zero attached hydrogens (tertiary/aromatic N) is 1. The number of nitrogens with one attached hydrogen (secondary N) is 2. The molecule has 0 saturated carbocycles. The molecule has 0 unspecified atom stereocenters. The molecule has 166 valence electrons. The third-order valence-electron chi connectivity index (χ3n) is 3.94. The summed E-state index contributed by atoms with van der Waals surface area (Å²) >= 11 is 0. The van der Waals surface area contributed by atoms with Crippen LogP contribution in [0, 0.1) is 5.82 Å². The summed E-state index contributed by atoms with van der Waals surface area (Å²) in [6.45, 7) is 0.242. The number of hydrogen-bond donors (Lipinski definition) is 2. The van der Waals surface area contributed by atoms with Crippen molar-refractivity contribution in [2.45, 2.75) is 4.90 Å². The molecule has 0 spiro atoms. The van der Waals surface area contributed by atoms with Gasteiger partial charge in [-0.25, -0.2) is 22.4 Å². The average molecular weight is 447 g/mol. The Bertz CT molecular complexity index is 887. The number of benzene rings is 1. The molecule has 1 aromatic carbocycles. The zero-order chi connectivity index (χ0) is 22.1. The van der Waals surface area contributed by atoms with Crippen molar-refractivity contribution in [2.75, 3.05) is 53.2 Å². The highest BCUT2D eigenvalue weighted by Gasteiger charge is 2.28. The molecule has 0 bridgehead atoms. The molecule has 30 heavy (non-hydrogen) atoms. The largest absolute Gasteiger partial charge is 0.452 e. The van der Waals surface area contributed by atoms with E-state index in [9.17, 15) is 27.2 Å².